The Morgan fingerprint density at radius 3 is 3.13 bits per heavy atom. The third-order valence-electron chi connectivity index (χ3n) is 2.15. The van der Waals surface area contributed by atoms with E-state index < -0.39 is 0 Å². The van der Waals surface area contributed by atoms with Gasteiger partial charge in [0.2, 0.25) is 0 Å². The summed E-state index contributed by atoms with van der Waals surface area (Å²) < 4.78 is 1.64. The number of halogens is 1. The summed E-state index contributed by atoms with van der Waals surface area (Å²) in [4.78, 5) is 4.02. The third-order valence-corrected chi connectivity index (χ3v) is 2.34. The van der Waals surface area contributed by atoms with Gasteiger partial charge >= 0.3 is 0 Å². The number of imidazole rings is 1. The van der Waals surface area contributed by atoms with Crippen molar-refractivity contribution in [1.29, 1.82) is 0 Å². The topological polar surface area (TPSA) is 58.9 Å². The minimum atomic E-state index is 0.421. The third kappa shape index (κ3) is 1.28. The number of aromatic nitrogens is 5. The number of rotatable bonds is 1. The second-order valence-corrected chi connectivity index (χ2v) is 3.46. The van der Waals surface area contributed by atoms with Gasteiger partial charge in [0.25, 0.3) is 0 Å². The maximum Gasteiger partial charge on any atom is 0.150 e. The molecular weight excluding hydrogens is 214 g/mol. The molecule has 0 saturated heterocycles. The lowest BCUT2D eigenvalue weighted by molar-refractivity contribution is 0.926. The number of H-pyrrole nitrogens is 1. The van der Waals surface area contributed by atoms with Gasteiger partial charge in [-0.25, -0.2) is 9.50 Å². The number of hydrogen-bond donors (Lipinski definition) is 1. The lowest BCUT2D eigenvalue weighted by Gasteiger charge is -2.01. The van der Waals surface area contributed by atoms with Gasteiger partial charge in [0.15, 0.2) is 5.15 Å². The monoisotopic (exact) mass is 219 g/mol. The van der Waals surface area contributed by atoms with Gasteiger partial charge in [0.1, 0.15) is 6.33 Å². The van der Waals surface area contributed by atoms with Crippen LogP contribution in [-0.4, -0.2) is 24.8 Å². The normalized spacial score (nSPS) is 11.0. The van der Waals surface area contributed by atoms with E-state index in [1.54, 1.807) is 29.3 Å². The van der Waals surface area contributed by atoms with E-state index in [1.807, 2.05) is 6.07 Å². The van der Waals surface area contributed by atoms with Crippen LogP contribution in [0.4, 0.5) is 0 Å². The van der Waals surface area contributed by atoms with Crippen LogP contribution >= 0.6 is 11.6 Å². The molecule has 0 aliphatic heterocycles. The molecule has 0 aliphatic carbocycles. The smallest absolute Gasteiger partial charge is 0.150 e. The average Bonchev–Trinajstić information content (AvgIpc) is 2.86. The van der Waals surface area contributed by atoms with E-state index in [4.69, 9.17) is 11.6 Å². The summed E-state index contributed by atoms with van der Waals surface area (Å²) in [6.45, 7) is 0. The van der Waals surface area contributed by atoms with Crippen LogP contribution in [0.5, 0.6) is 0 Å². The molecule has 15 heavy (non-hydrogen) atoms. The molecule has 0 spiro atoms. The zero-order valence-corrected chi connectivity index (χ0v) is 8.31. The Kier molecular flexibility index (Phi) is 1.72. The fourth-order valence-corrected chi connectivity index (χ4v) is 1.70. The lowest BCUT2D eigenvalue weighted by Crippen LogP contribution is -1.92. The standard InChI is InChI=1S/C9H6ClN5/c10-9-3-6(7-1-2-12-13-7)8-4-11-5-15(8)14-9/h1-5H,(H,12,13). The summed E-state index contributed by atoms with van der Waals surface area (Å²) in [6.07, 6.45) is 5.04. The maximum absolute atomic E-state index is 5.90. The number of nitrogens with one attached hydrogen (secondary N) is 1. The highest BCUT2D eigenvalue weighted by Gasteiger charge is 2.08. The summed E-state index contributed by atoms with van der Waals surface area (Å²) in [7, 11) is 0. The maximum atomic E-state index is 5.90. The number of aromatic amines is 1. The molecule has 0 bridgehead atoms. The summed E-state index contributed by atoms with van der Waals surface area (Å²) in [6, 6.07) is 3.66. The van der Waals surface area contributed by atoms with Gasteiger partial charge in [0.05, 0.1) is 17.4 Å². The van der Waals surface area contributed by atoms with E-state index in [-0.39, 0.29) is 0 Å². The molecule has 3 aromatic rings. The van der Waals surface area contributed by atoms with E-state index in [0.717, 1.165) is 16.8 Å². The van der Waals surface area contributed by atoms with Crippen LogP contribution in [0.3, 0.4) is 0 Å². The van der Waals surface area contributed by atoms with Crippen molar-refractivity contribution in [3.8, 4) is 11.3 Å². The molecule has 0 radical (unpaired) electrons. The SMILES string of the molecule is Clc1cc(-c2ccn[nH]2)c2cncn2n1. The Hall–Kier alpha value is -1.88. The summed E-state index contributed by atoms with van der Waals surface area (Å²) >= 11 is 5.90. The van der Waals surface area contributed by atoms with Crippen LogP contribution in [0.2, 0.25) is 5.15 Å². The van der Waals surface area contributed by atoms with Crippen molar-refractivity contribution < 1.29 is 0 Å². The highest BCUT2D eigenvalue weighted by molar-refractivity contribution is 6.29. The van der Waals surface area contributed by atoms with Crippen molar-refractivity contribution in [3.63, 3.8) is 0 Å². The molecule has 0 amide bonds. The fraction of sp³-hybridized carbons (Fsp3) is 0. The highest BCUT2D eigenvalue weighted by atomic mass is 35.5. The van der Waals surface area contributed by atoms with Crippen LogP contribution in [0.15, 0.2) is 30.9 Å². The molecule has 6 heteroatoms. The van der Waals surface area contributed by atoms with Crippen molar-refractivity contribution >= 4 is 17.1 Å². The Morgan fingerprint density at radius 2 is 2.33 bits per heavy atom. The molecule has 3 aromatic heterocycles. The van der Waals surface area contributed by atoms with Crippen LogP contribution in [0.1, 0.15) is 0 Å². The fourth-order valence-electron chi connectivity index (χ4n) is 1.51. The van der Waals surface area contributed by atoms with Gasteiger partial charge < -0.3 is 0 Å². The highest BCUT2D eigenvalue weighted by Crippen LogP contribution is 2.23. The Bertz CT molecular complexity index is 598. The molecule has 3 rings (SSSR count). The molecule has 0 aliphatic rings. The zero-order chi connectivity index (χ0) is 10.3. The molecule has 3 heterocycles. The second-order valence-electron chi connectivity index (χ2n) is 3.07. The molecule has 1 N–H and O–H groups in total. The first kappa shape index (κ1) is 8.43. The molecule has 0 fully saturated rings. The minimum Gasteiger partial charge on any atom is -0.278 e. The predicted octanol–water partition coefficient (Wildman–Crippen LogP) is 1.77. The number of nitrogens with zero attached hydrogens (tertiary/aromatic N) is 4. The summed E-state index contributed by atoms with van der Waals surface area (Å²) in [5, 5.41) is 11.3. The quantitative estimate of drug-likeness (QED) is 0.679. The van der Waals surface area contributed by atoms with E-state index in [1.165, 1.54) is 0 Å². The number of fused-ring (bicyclic) bond motifs is 1. The molecular formula is C9H6ClN5. The van der Waals surface area contributed by atoms with Crippen LogP contribution in [0, 0.1) is 0 Å². The predicted molar refractivity (Wildman–Crippen MR) is 55.6 cm³/mol. The van der Waals surface area contributed by atoms with Gasteiger partial charge in [-0.15, -0.1) is 0 Å². The van der Waals surface area contributed by atoms with Crippen molar-refractivity contribution in [1.82, 2.24) is 24.8 Å². The first-order valence-corrected chi connectivity index (χ1v) is 4.71. The Balaban J connectivity index is 2.38. The van der Waals surface area contributed by atoms with Gasteiger partial charge in [-0.3, -0.25) is 5.10 Å². The van der Waals surface area contributed by atoms with E-state index in [0.29, 0.717) is 5.15 Å². The van der Waals surface area contributed by atoms with Crippen LogP contribution in [-0.2, 0) is 0 Å². The van der Waals surface area contributed by atoms with Gasteiger partial charge in [0, 0.05) is 11.8 Å². The van der Waals surface area contributed by atoms with Crippen LogP contribution in [0.25, 0.3) is 16.8 Å². The zero-order valence-electron chi connectivity index (χ0n) is 7.55. The van der Waals surface area contributed by atoms with E-state index in [2.05, 4.69) is 20.3 Å². The molecule has 5 nitrogen and oxygen atoms in total. The van der Waals surface area contributed by atoms with Crippen molar-refractivity contribution in [2.75, 3.05) is 0 Å². The molecule has 0 saturated carbocycles. The molecule has 74 valence electrons. The minimum absolute atomic E-state index is 0.421. The first-order valence-electron chi connectivity index (χ1n) is 4.33. The molecule has 0 unspecified atom stereocenters. The van der Waals surface area contributed by atoms with Crippen molar-refractivity contribution in [3.05, 3.63) is 36.0 Å². The van der Waals surface area contributed by atoms with Crippen molar-refractivity contribution in [2.24, 2.45) is 0 Å². The Labute approximate surface area is 89.7 Å². The second kappa shape index (κ2) is 3.06. The number of hydrogen-bond acceptors (Lipinski definition) is 3. The largest absolute Gasteiger partial charge is 0.278 e. The van der Waals surface area contributed by atoms with Gasteiger partial charge in [-0.1, -0.05) is 11.6 Å². The lowest BCUT2D eigenvalue weighted by atomic mass is 10.2. The van der Waals surface area contributed by atoms with Gasteiger partial charge in [-0.2, -0.15) is 10.2 Å². The van der Waals surface area contributed by atoms with Crippen molar-refractivity contribution in [2.45, 2.75) is 0 Å². The van der Waals surface area contributed by atoms with E-state index in [9.17, 15) is 0 Å². The summed E-state index contributed by atoms with van der Waals surface area (Å²) in [5.74, 6) is 0. The summed E-state index contributed by atoms with van der Waals surface area (Å²) in [5.41, 5.74) is 2.72. The first-order chi connectivity index (χ1) is 7.34. The van der Waals surface area contributed by atoms with Crippen LogP contribution < -0.4 is 0 Å². The van der Waals surface area contributed by atoms with Gasteiger partial charge in [-0.05, 0) is 12.1 Å². The van der Waals surface area contributed by atoms with E-state index >= 15 is 0 Å². The molecule has 0 aromatic carbocycles. The molecule has 0 atom stereocenters. The average molecular weight is 220 g/mol. The Morgan fingerprint density at radius 1 is 1.40 bits per heavy atom.